The number of ether oxygens (including phenoxy) is 1. The molecule has 0 radical (unpaired) electrons. The van der Waals surface area contributed by atoms with Gasteiger partial charge in [-0.3, -0.25) is 4.79 Å². The average molecular weight is 316 g/mol. The van der Waals surface area contributed by atoms with Crippen molar-refractivity contribution in [2.75, 3.05) is 26.7 Å². The highest BCUT2D eigenvalue weighted by molar-refractivity contribution is 5.77. The number of hydrogen-bond acceptors (Lipinski definition) is 3. The van der Waals surface area contributed by atoms with Gasteiger partial charge in [-0.05, 0) is 24.8 Å². The summed E-state index contributed by atoms with van der Waals surface area (Å²) in [5.41, 5.74) is 1.11. The minimum atomic E-state index is 0.0796. The van der Waals surface area contributed by atoms with Crippen molar-refractivity contribution in [3.05, 3.63) is 29.8 Å². The summed E-state index contributed by atoms with van der Waals surface area (Å²) in [7, 11) is 1.70. The van der Waals surface area contributed by atoms with Crippen LogP contribution in [0.15, 0.2) is 24.3 Å². The summed E-state index contributed by atoms with van der Waals surface area (Å²) in [6.07, 6.45) is 7.06. The van der Waals surface area contributed by atoms with E-state index in [1.54, 1.807) is 7.11 Å². The fraction of sp³-hybridized carbons (Fsp3) is 0.632. The lowest BCUT2D eigenvalue weighted by Gasteiger charge is -2.38. The third-order valence-electron chi connectivity index (χ3n) is 5.25. The van der Waals surface area contributed by atoms with Crippen LogP contribution in [-0.4, -0.2) is 37.6 Å². The number of hydrogen-bond donors (Lipinski definition) is 1. The Bertz CT molecular complexity index is 526. The molecule has 1 N–H and O–H groups in total. The van der Waals surface area contributed by atoms with E-state index in [0.717, 1.165) is 30.9 Å². The van der Waals surface area contributed by atoms with Gasteiger partial charge in [0.1, 0.15) is 5.75 Å². The molecular weight excluding hydrogens is 288 g/mol. The van der Waals surface area contributed by atoms with Gasteiger partial charge in [-0.25, -0.2) is 0 Å². The molecule has 1 aromatic carbocycles. The predicted molar refractivity (Wildman–Crippen MR) is 91.5 cm³/mol. The van der Waals surface area contributed by atoms with Gasteiger partial charge in [0.2, 0.25) is 5.91 Å². The second-order valence-electron chi connectivity index (χ2n) is 6.76. The second-order valence-corrected chi connectivity index (χ2v) is 6.76. The zero-order chi connectivity index (χ0) is 16.1. The number of carbonyl (C=O) groups is 1. The molecule has 0 spiro atoms. The summed E-state index contributed by atoms with van der Waals surface area (Å²) in [6.45, 7) is 2.47. The van der Waals surface area contributed by atoms with Crippen LogP contribution in [0.2, 0.25) is 0 Å². The molecule has 1 saturated carbocycles. The highest BCUT2D eigenvalue weighted by Gasteiger charge is 2.31. The maximum absolute atomic E-state index is 12.9. The first-order chi connectivity index (χ1) is 11.3. The van der Waals surface area contributed by atoms with Crippen LogP contribution in [0.3, 0.4) is 0 Å². The molecule has 1 amide bonds. The number of nitrogens with one attached hydrogen (secondary N) is 1. The zero-order valence-electron chi connectivity index (χ0n) is 14.1. The monoisotopic (exact) mass is 316 g/mol. The Hall–Kier alpha value is -1.55. The molecule has 1 aliphatic heterocycles. The molecule has 4 nitrogen and oxygen atoms in total. The summed E-state index contributed by atoms with van der Waals surface area (Å²) in [4.78, 5) is 15.0. The first-order valence-corrected chi connectivity index (χ1v) is 8.92. The van der Waals surface area contributed by atoms with E-state index in [1.807, 2.05) is 18.2 Å². The molecule has 1 unspecified atom stereocenters. The molecule has 2 aliphatic rings. The van der Waals surface area contributed by atoms with Crippen molar-refractivity contribution in [3.63, 3.8) is 0 Å². The van der Waals surface area contributed by atoms with Crippen molar-refractivity contribution in [2.24, 2.45) is 5.92 Å². The lowest BCUT2D eigenvalue weighted by Crippen LogP contribution is -2.49. The van der Waals surface area contributed by atoms with Crippen molar-refractivity contribution < 1.29 is 9.53 Å². The summed E-state index contributed by atoms with van der Waals surface area (Å²) in [5.74, 6) is 1.77. The van der Waals surface area contributed by atoms with Crippen LogP contribution in [0, 0.1) is 5.92 Å². The average Bonchev–Trinajstić information content (AvgIpc) is 2.62. The van der Waals surface area contributed by atoms with Gasteiger partial charge < -0.3 is 15.0 Å². The normalized spacial score (nSPS) is 22.8. The standard InChI is InChI=1S/C19H28N2O2/c1-23-18-10-6-5-9-16(18)17-14-20-11-12-21(17)19(22)13-15-7-3-2-4-8-15/h5-6,9-10,15,17,20H,2-4,7-8,11-14H2,1H3. The predicted octanol–water partition coefficient (Wildman–Crippen LogP) is 3.14. The maximum atomic E-state index is 12.9. The number of para-hydroxylation sites is 1. The van der Waals surface area contributed by atoms with E-state index < -0.39 is 0 Å². The summed E-state index contributed by atoms with van der Waals surface area (Å²) < 4.78 is 5.51. The highest BCUT2D eigenvalue weighted by atomic mass is 16.5. The Morgan fingerprint density at radius 1 is 1.26 bits per heavy atom. The molecule has 0 bridgehead atoms. The lowest BCUT2D eigenvalue weighted by molar-refractivity contribution is -0.135. The zero-order valence-corrected chi connectivity index (χ0v) is 14.1. The number of nitrogens with zero attached hydrogens (tertiary/aromatic N) is 1. The van der Waals surface area contributed by atoms with Crippen LogP contribution in [0.4, 0.5) is 0 Å². The van der Waals surface area contributed by atoms with Crippen LogP contribution in [0.5, 0.6) is 5.75 Å². The molecule has 3 rings (SSSR count). The molecule has 0 aromatic heterocycles. The van der Waals surface area contributed by atoms with E-state index in [1.165, 1.54) is 32.1 Å². The first kappa shape index (κ1) is 16.3. The second kappa shape index (κ2) is 7.82. The van der Waals surface area contributed by atoms with Gasteiger partial charge in [0, 0.05) is 31.6 Å². The minimum absolute atomic E-state index is 0.0796. The van der Waals surface area contributed by atoms with E-state index in [0.29, 0.717) is 18.2 Å². The number of piperazine rings is 1. The fourth-order valence-electron chi connectivity index (χ4n) is 3.98. The SMILES string of the molecule is COc1ccccc1C1CNCCN1C(=O)CC1CCCCC1. The third kappa shape index (κ3) is 3.86. The van der Waals surface area contributed by atoms with Gasteiger partial charge in [-0.1, -0.05) is 37.5 Å². The van der Waals surface area contributed by atoms with Gasteiger partial charge in [0.15, 0.2) is 0 Å². The topological polar surface area (TPSA) is 41.6 Å². The molecule has 1 aromatic rings. The molecule has 2 fully saturated rings. The van der Waals surface area contributed by atoms with E-state index in [2.05, 4.69) is 16.3 Å². The molecule has 1 atom stereocenters. The fourth-order valence-corrected chi connectivity index (χ4v) is 3.98. The Kier molecular flexibility index (Phi) is 5.55. The van der Waals surface area contributed by atoms with Crippen LogP contribution < -0.4 is 10.1 Å². The van der Waals surface area contributed by atoms with Crippen molar-refractivity contribution in [1.29, 1.82) is 0 Å². The van der Waals surface area contributed by atoms with Crippen LogP contribution in [0.1, 0.15) is 50.1 Å². The number of amides is 1. The summed E-state index contributed by atoms with van der Waals surface area (Å²) in [5, 5.41) is 3.42. The molecular formula is C19H28N2O2. The molecule has 4 heteroatoms. The van der Waals surface area contributed by atoms with Crippen molar-refractivity contribution >= 4 is 5.91 Å². The number of rotatable bonds is 4. The van der Waals surface area contributed by atoms with Crippen LogP contribution in [-0.2, 0) is 4.79 Å². The van der Waals surface area contributed by atoms with E-state index >= 15 is 0 Å². The smallest absolute Gasteiger partial charge is 0.223 e. The largest absolute Gasteiger partial charge is 0.496 e. The Morgan fingerprint density at radius 3 is 2.83 bits per heavy atom. The van der Waals surface area contributed by atoms with Gasteiger partial charge >= 0.3 is 0 Å². The number of carbonyl (C=O) groups excluding carboxylic acids is 1. The lowest BCUT2D eigenvalue weighted by atomic mass is 9.86. The van der Waals surface area contributed by atoms with E-state index in [9.17, 15) is 4.79 Å². The summed E-state index contributed by atoms with van der Waals surface area (Å²) >= 11 is 0. The third-order valence-corrected chi connectivity index (χ3v) is 5.25. The van der Waals surface area contributed by atoms with Gasteiger partial charge in [0.25, 0.3) is 0 Å². The molecule has 1 saturated heterocycles. The van der Waals surface area contributed by atoms with E-state index in [4.69, 9.17) is 4.74 Å². The molecule has 23 heavy (non-hydrogen) atoms. The minimum Gasteiger partial charge on any atom is -0.496 e. The van der Waals surface area contributed by atoms with Crippen LogP contribution in [0.25, 0.3) is 0 Å². The molecule has 1 heterocycles. The molecule has 1 aliphatic carbocycles. The maximum Gasteiger partial charge on any atom is 0.223 e. The Labute approximate surface area is 139 Å². The summed E-state index contributed by atoms with van der Waals surface area (Å²) in [6, 6.07) is 8.14. The quantitative estimate of drug-likeness (QED) is 0.928. The Balaban J connectivity index is 1.74. The van der Waals surface area contributed by atoms with Crippen LogP contribution >= 0.6 is 0 Å². The first-order valence-electron chi connectivity index (χ1n) is 8.92. The number of benzene rings is 1. The van der Waals surface area contributed by atoms with Crippen molar-refractivity contribution in [2.45, 2.75) is 44.6 Å². The van der Waals surface area contributed by atoms with E-state index in [-0.39, 0.29) is 6.04 Å². The molecule has 126 valence electrons. The van der Waals surface area contributed by atoms with Crippen molar-refractivity contribution in [1.82, 2.24) is 10.2 Å². The van der Waals surface area contributed by atoms with Gasteiger partial charge in [-0.2, -0.15) is 0 Å². The van der Waals surface area contributed by atoms with Gasteiger partial charge in [0.05, 0.1) is 13.2 Å². The van der Waals surface area contributed by atoms with Crippen molar-refractivity contribution in [3.8, 4) is 5.75 Å². The van der Waals surface area contributed by atoms with Gasteiger partial charge in [-0.15, -0.1) is 0 Å². The number of methoxy groups -OCH3 is 1. The highest BCUT2D eigenvalue weighted by Crippen LogP contribution is 2.32. The Morgan fingerprint density at radius 2 is 2.04 bits per heavy atom.